The first-order valence-electron chi connectivity index (χ1n) is 8.65. The van der Waals surface area contributed by atoms with Gasteiger partial charge in [0.2, 0.25) is 5.91 Å². The summed E-state index contributed by atoms with van der Waals surface area (Å²) < 4.78 is 1.00. The van der Waals surface area contributed by atoms with E-state index in [-0.39, 0.29) is 17.7 Å². The van der Waals surface area contributed by atoms with Crippen LogP contribution in [-0.4, -0.2) is 29.8 Å². The maximum Gasteiger partial charge on any atom is 0.251 e. The molecule has 1 N–H and O–H groups in total. The average Bonchev–Trinajstić information content (AvgIpc) is 2.61. The fraction of sp³-hybridized carbons (Fsp3) is 0.333. The van der Waals surface area contributed by atoms with Crippen LogP contribution in [0, 0.1) is 12.8 Å². The first-order chi connectivity index (χ1) is 12.3. The Hall–Kier alpha value is -2.14. The van der Waals surface area contributed by atoms with Crippen molar-refractivity contribution >= 4 is 27.7 Å². The third kappa shape index (κ3) is 5.43. The molecule has 1 atom stereocenters. The molecule has 0 saturated carbocycles. The predicted molar refractivity (Wildman–Crippen MR) is 108 cm³/mol. The molecule has 2 aromatic rings. The molecule has 0 fully saturated rings. The van der Waals surface area contributed by atoms with E-state index in [0.29, 0.717) is 12.1 Å². The molecule has 138 valence electrons. The molecule has 2 amide bonds. The maximum absolute atomic E-state index is 12.9. The number of likely N-dealkylation sites (N-methyl/N-ethyl adjacent to an activating group) is 1. The van der Waals surface area contributed by atoms with Crippen molar-refractivity contribution in [1.29, 1.82) is 0 Å². The lowest BCUT2D eigenvalue weighted by Crippen LogP contribution is -2.50. The van der Waals surface area contributed by atoms with Crippen LogP contribution < -0.4 is 5.32 Å². The number of hydrogen-bond donors (Lipinski definition) is 1. The summed E-state index contributed by atoms with van der Waals surface area (Å²) in [6.45, 7) is 6.34. The molecule has 0 unspecified atom stereocenters. The third-order valence-electron chi connectivity index (χ3n) is 4.24. The van der Waals surface area contributed by atoms with Crippen molar-refractivity contribution in [3.05, 3.63) is 69.7 Å². The first kappa shape index (κ1) is 20.2. The third-order valence-corrected chi connectivity index (χ3v) is 4.77. The number of halogens is 1. The minimum absolute atomic E-state index is 0.00994. The Morgan fingerprint density at radius 1 is 1.04 bits per heavy atom. The van der Waals surface area contributed by atoms with Gasteiger partial charge in [-0.25, -0.2) is 0 Å². The van der Waals surface area contributed by atoms with Crippen molar-refractivity contribution < 1.29 is 9.59 Å². The van der Waals surface area contributed by atoms with Gasteiger partial charge in [0.15, 0.2) is 0 Å². The molecule has 0 aliphatic heterocycles. The van der Waals surface area contributed by atoms with Gasteiger partial charge in [0, 0.05) is 23.6 Å². The van der Waals surface area contributed by atoms with Crippen molar-refractivity contribution in [2.75, 3.05) is 7.05 Å². The van der Waals surface area contributed by atoms with Gasteiger partial charge in [0.25, 0.3) is 5.91 Å². The molecule has 0 bridgehead atoms. The van der Waals surface area contributed by atoms with Crippen molar-refractivity contribution in [3.63, 3.8) is 0 Å². The molecule has 2 aromatic carbocycles. The summed E-state index contributed by atoms with van der Waals surface area (Å²) in [5, 5.41) is 2.89. The molecule has 0 radical (unpaired) electrons. The van der Waals surface area contributed by atoms with E-state index in [0.717, 1.165) is 15.6 Å². The van der Waals surface area contributed by atoms with E-state index in [4.69, 9.17) is 0 Å². The molecule has 0 aliphatic carbocycles. The zero-order chi connectivity index (χ0) is 19.3. The summed E-state index contributed by atoms with van der Waals surface area (Å²) in [5.74, 6) is -0.332. The van der Waals surface area contributed by atoms with E-state index >= 15 is 0 Å². The number of hydrogen-bond acceptors (Lipinski definition) is 2. The van der Waals surface area contributed by atoms with Gasteiger partial charge >= 0.3 is 0 Å². The van der Waals surface area contributed by atoms with Crippen LogP contribution in [0.2, 0.25) is 0 Å². The zero-order valence-electron chi connectivity index (χ0n) is 15.6. The predicted octanol–water partition coefficient (Wildman–Crippen LogP) is 4.17. The number of carbonyl (C=O) groups is 2. The second-order valence-electron chi connectivity index (χ2n) is 6.88. The van der Waals surface area contributed by atoms with Crippen LogP contribution in [0.4, 0.5) is 0 Å². The second kappa shape index (κ2) is 8.99. The van der Waals surface area contributed by atoms with E-state index in [2.05, 4.69) is 21.2 Å². The van der Waals surface area contributed by atoms with Gasteiger partial charge < -0.3 is 10.2 Å². The Balaban J connectivity index is 2.07. The van der Waals surface area contributed by atoms with Gasteiger partial charge in [-0.15, -0.1) is 0 Å². The topological polar surface area (TPSA) is 49.4 Å². The van der Waals surface area contributed by atoms with E-state index in [1.165, 1.54) is 0 Å². The monoisotopic (exact) mass is 416 g/mol. The van der Waals surface area contributed by atoms with Gasteiger partial charge in [0.1, 0.15) is 6.04 Å². The van der Waals surface area contributed by atoms with Crippen LogP contribution in [0.25, 0.3) is 0 Å². The largest absolute Gasteiger partial charge is 0.340 e. The normalized spacial score (nSPS) is 11.9. The summed E-state index contributed by atoms with van der Waals surface area (Å²) in [5.41, 5.74) is 2.69. The van der Waals surface area contributed by atoms with Crippen LogP contribution in [0.5, 0.6) is 0 Å². The molecule has 0 aromatic heterocycles. The van der Waals surface area contributed by atoms with E-state index in [1.54, 1.807) is 24.1 Å². The molecule has 2 rings (SSSR count). The Kier molecular flexibility index (Phi) is 6.98. The number of nitrogens with zero attached hydrogens (tertiary/aromatic N) is 1. The minimum atomic E-state index is -0.566. The zero-order valence-corrected chi connectivity index (χ0v) is 17.2. The average molecular weight is 417 g/mol. The highest BCUT2D eigenvalue weighted by atomic mass is 79.9. The number of amides is 2. The number of aryl methyl sites for hydroxylation is 1. The molecule has 26 heavy (non-hydrogen) atoms. The van der Waals surface area contributed by atoms with Crippen molar-refractivity contribution in [3.8, 4) is 0 Å². The SMILES string of the molecule is Cc1ccc(C(=O)N[C@H](C(=O)N(C)Cc2ccc(Br)cc2)C(C)C)cc1. The highest BCUT2D eigenvalue weighted by molar-refractivity contribution is 9.10. The first-order valence-corrected chi connectivity index (χ1v) is 9.44. The van der Waals surface area contributed by atoms with E-state index < -0.39 is 6.04 Å². The standard InChI is InChI=1S/C21H25BrN2O2/c1-14(2)19(23-20(25)17-9-5-15(3)6-10-17)21(26)24(4)13-16-7-11-18(22)12-8-16/h5-12,14,19H,13H2,1-4H3,(H,23,25)/t19-/m0/s1. The summed E-state index contributed by atoms with van der Waals surface area (Å²) in [6, 6.07) is 14.6. The van der Waals surface area contributed by atoms with Gasteiger partial charge in [-0.3, -0.25) is 9.59 Å². The van der Waals surface area contributed by atoms with E-state index in [1.807, 2.05) is 57.2 Å². The van der Waals surface area contributed by atoms with Crippen LogP contribution in [0.3, 0.4) is 0 Å². The summed E-state index contributed by atoms with van der Waals surface area (Å²) in [7, 11) is 1.76. The molecule has 4 nitrogen and oxygen atoms in total. The Morgan fingerprint density at radius 3 is 2.15 bits per heavy atom. The molecular weight excluding hydrogens is 392 g/mol. The van der Waals surface area contributed by atoms with Crippen LogP contribution in [0.15, 0.2) is 53.0 Å². The number of nitrogens with one attached hydrogen (secondary N) is 1. The fourth-order valence-electron chi connectivity index (χ4n) is 2.62. The Labute approximate surface area is 163 Å². The van der Waals surface area contributed by atoms with Gasteiger partial charge in [0.05, 0.1) is 0 Å². The lowest BCUT2D eigenvalue weighted by Gasteiger charge is -2.27. The molecule has 5 heteroatoms. The summed E-state index contributed by atoms with van der Waals surface area (Å²) in [6.07, 6.45) is 0. The van der Waals surface area contributed by atoms with Crippen molar-refractivity contribution in [1.82, 2.24) is 10.2 Å². The van der Waals surface area contributed by atoms with Crippen molar-refractivity contribution in [2.24, 2.45) is 5.92 Å². The smallest absolute Gasteiger partial charge is 0.251 e. The number of benzene rings is 2. The fourth-order valence-corrected chi connectivity index (χ4v) is 2.89. The van der Waals surface area contributed by atoms with Crippen LogP contribution in [0.1, 0.15) is 35.3 Å². The molecule has 0 spiro atoms. The Bertz CT molecular complexity index is 755. The maximum atomic E-state index is 12.9. The number of carbonyl (C=O) groups excluding carboxylic acids is 2. The minimum Gasteiger partial charge on any atom is -0.340 e. The summed E-state index contributed by atoms with van der Waals surface area (Å²) >= 11 is 3.41. The highest BCUT2D eigenvalue weighted by Gasteiger charge is 2.27. The summed E-state index contributed by atoms with van der Waals surface area (Å²) in [4.78, 5) is 27.0. The van der Waals surface area contributed by atoms with Crippen LogP contribution in [-0.2, 0) is 11.3 Å². The quantitative estimate of drug-likeness (QED) is 0.767. The van der Waals surface area contributed by atoms with Crippen LogP contribution >= 0.6 is 15.9 Å². The Morgan fingerprint density at radius 2 is 1.62 bits per heavy atom. The molecule has 0 aliphatic rings. The molecular formula is C21H25BrN2O2. The number of rotatable bonds is 6. The highest BCUT2D eigenvalue weighted by Crippen LogP contribution is 2.14. The van der Waals surface area contributed by atoms with Gasteiger partial charge in [-0.1, -0.05) is 59.6 Å². The van der Waals surface area contributed by atoms with Crippen molar-refractivity contribution in [2.45, 2.75) is 33.4 Å². The van der Waals surface area contributed by atoms with E-state index in [9.17, 15) is 9.59 Å². The lowest BCUT2D eigenvalue weighted by atomic mass is 10.0. The molecule has 0 heterocycles. The van der Waals surface area contributed by atoms with Gasteiger partial charge in [-0.2, -0.15) is 0 Å². The second-order valence-corrected chi connectivity index (χ2v) is 7.80. The lowest BCUT2D eigenvalue weighted by molar-refractivity contribution is -0.133. The van der Waals surface area contributed by atoms with Gasteiger partial charge in [-0.05, 0) is 42.7 Å². The molecule has 0 saturated heterocycles.